The van der Waals surface area contributed by atoms with Crippen molar-refractivity contribution in [2.45, 2.75) is 115 Å². The smallest absolute Gasteiger partial charge is 0.412 e. The number of hydrogen-bond acceptors (Lipinski definition) is 12. The van der Waals surface area contributed by atoms with Crippen LogP contribution < -0.4 is 35.3 Å². The highest BCUT2D eigenvalue weighted by atomic mass is 16.6. The lowest BCUT2D eigenvalue weighted by atomic mass is 9.43. The van der Waals surface area contributed by atoms with Gasteiger partial charge in [-0.1, -0.05) is 26.0 Å². The molecule has 4 N–H and O–H groups in total. The predicted octanol–water partition coefficient (Wildman–Crippen LogP) is 6.03. The number of ether oxygens (including phenoxy) is 7. The Balaban J connectivity index is 0.829. The van der Waals surface area contributed by atoms with Gasteiger partial charge in [0.15, 0.2) is 23.0 Å². The average molecular weight is 806 g/mol. The van der Waals surface area contributed by atoms with Gasteiger partial charge >= 0.3 is 24.1 Å². The van der Waals surface area contributed by atoms with Crippen LogP contribution >= 0.6 is 0 Å². The highest BCUT2D eigenvalue weighted by Gasteiger charge is 2.60. The maximum Gasteiger partial charge on any atom is 0.412 e. The van der Waals surface area contributed by atoms with Crippen LogP contribution in [0.4, 0.5) is 9.59 Å². The summed E-state index contributed by atoms with van der Waals surface area (Å²) >= 11 is 0. The first-order valence-electron chi connectivity index (χ1n) is 20.6. The van der Waals surface area contributed by atoms with E-state index in [1.807, 2.05) is 24.3 Å². The van der Waals surface area contributed by atoms with Gasteiger partial charge in [0.25, 0.3) is 0 Å². The van der Waals surface area contributed by atoms with E-state index in [-0.39, 0.29) is 58.7 Å². The summed E-state index contributed by atoms with van der Waals surface area (Å²) in [7, 11) is 4.67. The second kappa shape index (κ2) is 16.9. The van der Waals surface area contributed by atoms with Crippen molar-refractivity contribution < 1.29 is 52.3 Å². The van der Waals surface area contributed by atoms with E-state index in [9.17, 15) is 19.2 Å². The number of rotatable bonds is 14. The lowest BCUT2D eigenvalue weighted by Crippen LogP contribution is -2.65. The fraction of sp³-hybridized carbons (Fsp3) is 0.636. The van der Waals surface area contributed by atoms with Crippen molar-refractivity contribution in [3.05, 3.63) is 47.5 Å². The third-order valence-electron chi connectivity index (χ3n) is 13.1. The number of hydrogen-bond donors (Lipinski definition) is 3. The third-order valence-corrected chi connectivity index (χ3v) is 13.1. The third kappa shape index (κ3) is 9.43. The van der Waals surface area contributed by atoms with Crippen LogP contribution in [0.2, 0.25) is 0 Å². The molecule has 5 aliphatic carbocycles. The van der Waals surface area contributed by atoms with E-state index in [0.29, 0.717) is 68.3 Å². The highest BCUT2D eigenvalue weighted by molar-refractivity contribution is 5.77. The molecule has 58 heavy (non-hydrogen) atoms. The molecule has 5 atom stereocenters. The second-order valence-corrected chi connectivity index (χ2v) is 18.3. The molecular formula is C44H59N3O11. The average Bonchev–Trinajstić information content (AvgIpc) is 3.50. The zero-order valence-corrected chi connectivity index (χ0v) is 34.4. The first-order valence-corrected chi connectivity index (χ1v) is 20.6. The Morgan fingerprint density at radius 2 is 1.43 bits per heavy atom. The lowest BCUT2D eigenvalue weighted by Gasteiger charge is -2.65. The van der Waals surface area contributed by atoms with Crippen LogP contribution in [0.1, 0.15) is 89.2 Å². The number of esters is 2. The minimum atomic E-state index is -1.10. The van der Waals surface area contributed by atoms with Crippen molar-refractivity contribution in [2.75, 3.05) is 34.5 Å². The SMILES string of the molecule is COc1ccc(C[C@@H]2COC(=O)[C@H]2Cc2ccc(OC(=O)NC3CCC(OC(=O)[C@H](N)COC(=O)NC45CC6CC(C)(CC(C)(C6)C4)C5)CC3)c(OC)c2)cc1OC. The summed E-state index contributed by atoms with van der Waals surface area (Å²) < 4.78 is 38.6. The zero-order valence-electron chi connectivity index (χ0n) is 34.4. The summed E-state index contributed by atoms with van der Waals surface area (Å²) in [5.74, 6) is 1.23. The summed E-state index contributed by atoms with van der Waals surface area (Å²) in [6.45, 7) is 4.74. The molecule has 0 aromatic heterocycles. The van der Waals surface area contributed by atoms with E-state index < -0.39 is 24.2 Å². The standard InChI is InChI=1S/C44H59N3O11/c1-42-18-28-19-43(2,23-42)25-44(20-28,24-42)47-41(51)56-22-33(45)39(49)57-31-10-8-30(9-11-31)46-40(50)58-35-13-7-27(17-37(35)54-5)15-32-29(21-55-38(32)48)14-26-6-12-34(52-3)36(16-26)53-4/h6-7,12-13,16-17,28-33H,8-11,14-15,18-25,45H2,1-5H3,(H,46,50)(H,47,51)/t28?,29-,30?,31?,32+,33-,42?,43?,44?/m1/s1. The molecule has 1 heterocycles. The Bertz CT molecular complexity index is 1840. The number of cyclic esters (lactones) is 1. The molecule has 14 heteroatoms. The van der Waals surface area contributed by atoms with Crippen LogP contribution in [-0.2, 0) is 36.6 Å². The molecule has 6 aliphatic rings. The summed E-state index contributed by atoms with van der Waals surface area (Å²) in [6.07, 6.45) is 8.26. The van der Waals surface area contributed by atoms with Crippen LogP contribution in [0, 0.1) is 28.6 Å². The maximum absolute atomic E-state index is 13.0. The van der Waals surface area contributed by atoms with E-state index in [1.165, 1.54) is 26.4 Å². The molecule has 316 valence electrons. The first kappa shape index (κ1) is 41.4. The molecule has 2 aromatic carbocycles. The summed E-state index contributed by atoms with van der Waals surface area (Å²) in [6, 6.07) is 9.70. The number of carbonyl (C=O) groups is 4. The number of nitrogens with one attached hydrogen (secondary N) is 2. The molecule has 1 saturated heterocycles. The first-order chi connectivity index (χ1) is 27.7. The molecular weight excluding hydrogens is 746 g/mol. The predicted molar refractivity (Wildman–Crippen MR) is 212 cm³/mol. The number of benzene rings is 2. The zero-order chi connectivity index (χ0) is 41.2. The van der Waals surface area contributed by atoms with E-state index in [4.69, 9.17) is 38.9 Å². The Morgan fingerprint density at radius 3 is 2.07 bits per heavy atom. The second-order valence-electron chi connectivity index (χ2n) is 18.3. The van der Waals surface area contributed by atoms with Crippen LogP contribution in [0.25, 0.3) is 0 Å². The molecule has 8 rings (SSSR count). The normalized spacial score (nSPS) is 31.4. The highest BCUT2D eigenvalue weighted by Crippen LogP contribution is 2.66. The van der Waals surface area contributed by atoms with Crippen LogP contribution in [0.5, 0.6) is 23.0 Å². The Hall–Kier alpha value is -4.72. The van der Waals surface area contributed by atoms with Crippen molar-refractivity contribution in [1.29, 1.82) is 0 Å². The van der Waals surface area contributed by atoms with Gasteiger partial charge in [-0.25, -0.2) is 9.59 Å². The topological polar surface area (TPSA) is 183 Å². The van der Waals surface area contributed by atoms with Crippen LogP contribution in [-0.4, -0.2) is 82.4 Å². The number of amides is 2. The number of methoxy groups -OCH3 is 3. The molecule has 0 spiro atoms. The maximum atomic E-state index is 13.0. The van der Waals surface area contributed by atoms with Crippen LogP contribution in [0.15, 0.2) is 36.4 Å². The number of nitrogens with two attached hydrogens (primary N) is 1. The van der Waals surface area contributed by atoms with Gasteiger partial charge < -0.3 is 49.5 Å². The minimum Gasteiger partial charge on any atom is -0.493 e. The Kier molecular flexibility index (Phi) is 12.1. The molecule has 2 aromatic rings. The van der Waals surface area contributed by atoms with Crippen molar-refractivity contribution in [1.82, 2.24) is 10.6 Å². The van der Waals surface area contributed by atoms with Gasteiger partial charge in [-0.15, -0.1) is 0 Å². The van der Waals surface area contributed by atoms with E-state index in [1.54, 1.807) is 26.4 Å². The van der Waals surface area contributed by atoms with E-state index >= 15 is 0 Å². The Morgan fingerprint density at radius 1 is 0.810 bits per heavy atom. The number of carbonyl (C=O) groups excluding carboxylic acids is 4. The van der Waals surface area contributed by atoms with Crippen LogP contribution in [0.3, 0.4) is 0 Å². The largest absolute Gasteiger partial charge is 0.493 e. The molecule has 6 fully saturated rings. The molecule has 2 unspecified atom stereocenters. The van der Waals surface area contributed by atoms with E-state index in [0.717, 1.165) is 30.4 Å². The van der Waals surface area contributed by atoms with Crippen molar-refractivity contribution in [2.24, 2.45) is 34.3 Å². The summed E-state index contributed by atoms with van der Waals surface area (Å²) in [5, 5.41) is 6.09. The van der Waals surface area contributed by atoms with E-state index in [2.05, 4.69) is 24.5 Å². The molecule has 4 bridgehead atoms. The van der Waals surface area contributed by atoms with Gasteiger partial charge in [-0.05, 0) is 129 Å². The van der Waals surface area contributed by atoms with Crippen molar-refractivity contribution >= 4 is 24.1 Å². The molecule has 1 aliphatic heterocycles. The van der Waals surface area contributed by atoms with Gasteiger partial charge in [0, 0.05) is 17.5 Å². The van der Waals surface area contributed by atoms with Gasteiger partial charge in [-0.3, -0.25) is 9.59 Å². The van der Waals surface area contributed by atoms with Gasteiger partial charge in [0.1, 0.15) is 18.8 Å². The molecule has 5 saturated carbocycles. The fourth-order valence-corrected chi connectivity index (χ4v) is 11.5. The van der Waals surface area contributed by atoms with Gasteiger partial charge in [0.05, 0.1) is 33.9 Å². The van der Waals surface area contributed by atoms with Gasteiger partial charge in [-0.2, -0.15) is 0 Å². The monoisotopic (exact) mass is 805 g/mol. The molecule has 0 radical (unpaired) electrons. The van der Waals surface area contributed by atoms with Crippen molar-refractivity contribution in [3.63, 3.8) is 0 Å². The Labute approximate surface area is 340 Å². The molecule has 14 nitrogen and oxygen atoms in total. The van der Waals surface area contributed by atoms with Crippen molar-refractivity contribution in [3.8, 4) is 23.0 Å². The van der Waals surface area contributed by atoms with Gasteiger partial charge in [0.2, 0.25) is 0 Å². The lowest BCUT2D eigenvalue weighted by molar-refractivity contribution is -0.153. The summed E-state index contributed by atoms with van der Waals surface area (Å²) in [5.41, 5.74) is 8.18. The fourth-order valence-electron chi connectivity index (χ4n) is 11.5. The molecule has 2 amide bonds. The quantitative estimate of drug-likeness (QED) is 0.149. The summed E-state index contributed by atoms with van der Waals surface area (Å²) in [4.78, 5) is 51.5. The minimum absolute atomic E-state index is 0.0375. The number of alkyl carbamates (subject to hydrolysis) is 1.